The fourth-order valence-electron chi connectivity index (χ4n) is 1.52. The predicted octanol–water partition coefficient (Wildman–Crippen LogP) is 0.0510. The number of nitrogens with zero attached hydrogens (tertiary/aromatic N) is 1. The molecule has 0 aromatic rings. The highest BCUT2D eigenvalue weighted by Crippen LogP contribution is 2.15. The van der Waals surface area contributed by atoms with Crippen LogP contribution in [0.25, 0.3) is 0 Å². The van der Waals surface area contributed by atoms with Gasteiger partial charge in [0, 0.05) is 32.2 Å². The van der Waals surface area contributed by atoms with E-state index in [1.165, 1.54) is 0 Å². The molecule has 0 aromatic carbocycles. The number of rotatable bonds is 2. The van der Waals surface area contributed by atoms with Crippen LogP contribution in [0.15, 0.2) is 0 Å². The van der Waals surface area contributed by atoms with E-state index < -0.39 is 5.60 Å². The number of nitrogens with one attached hydrogen (secondary N) is 1. The van der Waals surface area contributed by atoms with E-state index in [2.05, 4.69) is 17.1 Å². The van der Waals surface area contributed by atoms with Crippen LogP contribution in [-0.2, 0) is 0 Å². The zero-order valence-electron chi connectivity index (χ0n) is 8.30. The molecule has 0 radical (unpaired) electrons. The molecule has 0 aromatic heterocycles. The molecule has 1 rings (SSSR count). The van der Waals surface area contributed by atoms with E-state index in [0.29, 0.717) is 0 Å². The minimum atomic E-state index is -0.586. The van der Waals surface area contributed by atoms with Gasteiger partial charge in [-0.25, -0.2) is 0 Å². The molecule has 1 atom stereocenters. The molecule has 0 spiro atoms. The Balaban J connectivity index is 2.45. The third-order valence-electron chi connectivity index (χ3n) is 2.72. The standard InChI is InChI=1S/C9H20N2O/c1-8(9(2,3)12)11-6-4-10-5-7-11/h8,10,12H,4-7H2,1-3H3. The predicted molar refractivity (Wildman–Crippen MR) is 50.2 cm³/mol. The summed E-state index contributed by atoms with van der Waals surface area (Å²) in [6.45, 7) is 10.0. The van der Waals surface area contributed by atoms with Crippen molar-refractivity contribution in [1.82, 2.24) is 10.2 Å². The van der Waals surface area contributed by atoms with Crippen LogP contribution >= 0.6 is 0 Å². The van der Waals surface area contributed by atoms with E-state index in [-0.39, 0.29) is 6.04 Å². The summed E-state index contributed by atoms with van der Waals surface area (Å²) in [6.07, 6.45) is 0. The molecule has 3 nitrogen and oxygen atoms in total. The Labute approximate surface area is 74.8 Å². The maximum atomic E-state index is 9.78. The van der Waals surface area contributed by atoms with E-state index in [9.17, 15) is 5.11 Å². The van der Waals surface area contributed by atoms with Gasteiger partial charge in [-0.2, -0.15) is 0 Å². The second-order valence-corrected chi connectivity index (χ2v) is 4.12. The van der Waals surface area contributed by atoms with Crippen molar-refractivity contribution in [2.75, 3.05) is 26.2 Å². The van der Waals surface area contributed by atoms with E-state index in [4.69, 9.17) is 0 Å². The largest absolute Gasteiger partial charge is 0.389 e. The van der Waals surface area contributed by atoms with Crippen molar-refractivity contribution >= 4 is 0 Å². The van der Waals surface area contributed by atoms with Crippen LogP contribution in [0.3, 0.4) is 0 Å². The Hall–Kier alpha value is -0.120. The molecule has 0 amide bonds. The highest BCUT2D eigenvalue weighted by atomic mass is 16.3. The molecule has 12 heavy (non-hydrogen) atoms. The second kappa shape index (κ2) is 3.73. The Morgan fingerprint density at radius 3 is 2.25 bits per heavy atom. The minimum absolute atomic E-state index is 0.250. The van der Waals surface area contributed by atoms with Gasteiger partial charge in [-0.3, -0.25) is 4.90 Å². The normalized spacial score (nSPS) is 24.0. The van der Waals surface area contributed by atoms with Crippen molar-refractivity contribution in [2.24, 2.45) is 0 Å². The van der Waals surface area contributed by atoms with Gasteiger partial charge >= 0.3 is 0 Å². The van der Waals surface area contributed by atoms with E-state index in [0.717, 1.165) is 26.2 Å². The monoisotopic (exact) mass is 172 g/mol. The van der Waals surface area contributed by atoms with Crippen molar-refractivity contribution in [2.45, 2.75) is 32.4 Å². The lowest BCUT2D eigenvalue weighted by Crippen LogP contribution is -2.54. The quantitative estimate of drug-likeness (QED) is 0.618. The van der Waals surface area contributed by atoms with Crippen LogP contribution in [0, 0.1) is 0 Å². The zero-order chi connectivity index (χ0) is 9.19. The first-order valence-corrected chi connectivity index (χ1v) is 4.69. The summed E-state index contributed by atoms with van der Waals surface area (Å²) in [5.74, 6) is 0. The molecule has 3 heteroatoms. The van der Waals surface area contributed by atoms with Crippen molar-refractivity contribution < 1.29 is 5.11 Å². The van der Waals surface area contributed by atoms with E-state index in [1.807, 2.05) is 13.8 Å². The average molecular weight is 172 g/mol. The lowest BCUT2D eigenvalue weighted by Gasteiger charge is -2.39. The van der Waals surface area contributed by atoms with Gasteiger partial charge in [-0.15, -0.1) is 0 Å². The number of aliphatic hydroxyl groups is 1. The molecular formula is C9H20N2O. The van der Waals surface area contributed by atoms with Crippen LogP contribution in [-0.4, -0.2) is 47.8 Å². The van der Waals surface area contributed by atoms with Gasteiger partial charge in [-0.1, -0.05) is 0 Å². The third kappa shape index (κ3) is 2.44. The van der Waals surface area contributed by atoms with E-state index >= 15 is 0 Å². The van der Waals surface area contributed by atoms with Crippen molar-refractivity contribution in [3.05, 3.63) is 0 Å². The Morgan fingerprint density at radius 1 is 1.33 bits per heavy atom. The second-order valence-electron chi connectivity index (χ2n) is 4.12. The zero-order valence-corrected chi connectivity index (χ0v) is 8.30. The lowest BCUT2D eigenvalue weighted by molar-refractivity contribution is -0.0154. The molecule has 72 valence electrons. The SMILES string of the molecule is CC(N1CCNCC1)C(C)(C)O. The molecule has 0 bridgehead atoms. The fourth-order valence-corrected chi connectivity index (χ4v) is 1.52. The average Bonchev–Trinajstić information content (AvgIpc) is 2.03. The van der Waals surface area contributed by atoms with Crippen LogP contribution in [0.2, 0.25) is 0 Å². The smallest absolute Gasteiger partial charge is 0.0743 e. The molecule has 1 aliphatic heterocycles. The Kier molecular flexibility index (Phi) is 3.09. The summed E-state index contributed by atoms with van der Waals surface area (Å²) >= 11 is 0. The van der Waals surface area contributed by atoms with Gasteiger partial charge in [0.2, 0.25) is 0 Å². The maximum Gasteiger partial charge on any atom is 0.0743 e. The molecule has 1 saturated heterocycles. The van der Waals surface area contributed by atoms with Crippen LogP contribution in [0.1, 0.15) is 20.8 Å². The molecule has 2 N–H and O–H groups in total. The molecule has 0 aliphatic carbocycles. The molecule has 1 heterocycles. The summed E-state index contributed by atoms with van der Waals surface area (Å²) in [4.78, 5) is 2.33. The topological polar surface area (TPSA) is 35.5 Å². The number of hydrogen-bond acceptors (Lipinski definition) is 3. The Morgan fingerprint density at radius 2 is 1.83 bits per heavy atom. The Bertz CT molecular complexity index is 136. The fraction of sp³-hybridized carbons (Fsp3) is 1.00. The van der Waals surface area contributed by atoms with Crippen molar-refractivity contribution in [3.63, 3.8) is 0 Å². The van der Waals surface area contributed by atoms with Gasteiger partial charge in [0.15, 0.2) is 0 Å². The molecule has 0 saturated carbocycles. The van der Waals surface area contributed by atoms with Gasteiger partial charge < -0.3 is 10.4 Å². The summed E-state index contributed by atoms with van der Waals surface area (Å²) < 4.78 is 0. The first kappa shape index (κ1) is 9.96. The highest BCUT2D eigenvalue weighted by Gasteiger charge is 2.28. The molecule has 1 fully saturated rings. The van der Waals surface area contributed by atoms with Crippen molar-refractivity contribution in [1.29, 1.82) is 0 Å². The first-order chi connectivity index (χ1) is 5.52. The van der Waals surface area contributed by atoms with Crippen LogP contribution in [0.4, 0.5) is 0 Å². The highest BCUT2D eigenvalue weighted by molar-refractivity contribution is 4.84. The third-order valence-corrected chi connectivity index (χ3v) is 2.72. The van der Waals surface area contributed by atoms with Gasteiger partial charge in [0.25, 0.3) is 0 Å². The van der Waals surface area contributed by atoms with E-state index in [1.54, 1.807) is 0 Å². The van der Waals surface area contributed by atoms with Gasteiger partial charge in [0.05, 0.1) is 5.60 Å². The lowest BCUT2D eigenvalue weighted by atomic mass is 9.99. The number of hydrogen-bond donors (Lipinski definition) is 2. The first-order valence-electron chi connectivity index (χ1n) is 4.69. The molecular weight excluding hydrogens is 152 g/mol. The maximum absolute atomic E-state index is 9.78. The summed E-state index contributed by atoms with van der Waals surface area (Å²) in [5, 5.41) is 13.1. The summed E-state index contributed by atoms with van der Waals surface area (Å²) in [6, 6.07) is 0.250. The molecule has 1 aliphatic rings. The van der Waals surface area contributed by atoms with Gasteiger partial charge in [0.1, 0.15) is 0 Å². The molecule has 1 unspecified atom stereocenters. The minimum Gasteiger partial charge on any atom is -0.389 e. The number of piperazine rings is 1. The van der Waals surface area contributed by atoms with Crippen LogP contribution in [0.5, 0.6) is 0 Å². The van der Waals surface area contributed by atoms with Crippen LogP contribution < -0.4 is 5.32 Å². The summed E-state index contributed by atoms with van der Waals surface area (Å²) in [7, 11) is 0. The van der Waals surface area contributed by atoms with Gasteiger partial charge in [-0.05, 0) is 20.8 Å². The van der Waals surface area contributed by atoms with Crippen molar-refractivity contribution in [3.8, 4) is 0 Å². The summed E-state index contributed by atoms with van der Waals surface area (Å²) in [5.41, 5.74) is -0.586.